The van der Waals surface area contributed by atoms with Crippen LogP contribution in [-0.4, -0.2) is 11.5 Å². The van der Waals surface area contributed by atoms with Gasteiger partial charge in [0.15, 0.2) is 0 Å². The van der Waals surface area contributed by atoms with Gasteiger partial charge >= 0.3 is 0 Å². The molecule has 2 nitrogen and oxygen atoms in total. The van der Waals surface area contributed by atoms with E-state index in [0.29, 0.717) is 0 Å². The lowest BCUT2D eigenvalue weighted by molar-refractivity contribution is 1.07. The number of nitrogens with one attached hydrogen (secondary N) is 1. The Morgan fingerprint density at radius 1 is 1.46 bits per heavy atom. The van der Waals surface area contributed by atoms with Crippen LogP contribution in [0.4, 0.5) is 5.82 Å². The first-order valence-electron chi connectivity index (χ1n) is 4.39. The van der Waals surface area contributed by atoms with E-state index >= 15 is 0 Å². The standard InChI is InChI=1S/C11H14N2/c1-3-4-5-8-12-11-7-6-10(2)9-13-11/h6-7,9H,5,8H2,1-2H3,(H,12,13). The summed E-state index contributed by atoms with van der Waals surface area (Å²) in [6, 6.07) is 4.02. The fourth-order valence-electron chi connectivity index (χ4n) is 0.950. The molecule has 0 unspecified atom stereocenters. The van der Waals surface area contributed by atoms with Crippen LogP contribution in [0.5, 0.6) is 0 Å². The summed E-state index contributed by atoms with van der Waals surface area (Å²) in [6.07, 6.45) is 2.72. The maximum absolute atomic E-state index is 4.22. The predicted octanol–water partition coefficient (Wildman–Crippen LogP) is 2.22. The second-order valence-corrected chi connectivity index (χ2v) is 2.82. The monoisotopic (exact) mass is 174 g/mol. The van der Waals surface area contributed by atoms with Crippen molar-refractivity contribution in [1.29, 1.82) is 0 Å². The van der Waals surface area contributed by atoms with Crippen molar-refractivity contribution in [3.8, 4) is 11.8 Å². The van der Waals surface area contributed by atoms with Gasteiger partial charge in [-0.05, 0) is 25.5 Å². The van der Waals surface area contributed by atoms with Crippen LogP contribution >= 0.6 is 0 Å². The number of anilines is 1. The number of nitrogens with zero attached hydrogens (tertiary/aromatic N) is 1. The van der Waals surface area contributed by atoms with E-state index in [9.17, 15) is 0 Å². The molecule has 0 aliphatic rings. The highest BCUT2D eigenvalue weighted by atomic mass is 15.0. The zero-order valence-corrected chi connectivity index (χ0v) is 8.09. The first-order valence-corrected chi connectivity index (χ1v) is 4.39. The zero-order valence-electron chi connectivity index (χ0n) is 8.09. The summed E-state index contributed by atoms with van der Waals surface area (Å²) < 4.78 is 0. The van der Waals surface area contributed by atoms with E-state index in [-0.39, 0.29) is 0 Å². The molecule has 0 amide bonds. The molecule has 0 bridgehead atoms. The lowest BCUT2D eigenvalue weighted by Gasteiger charge is -2.02. The zero-order chi connectivity index (χ0) is 9.52. The van der Waals surface area contributed by atoms with Crippen molar-refractivity contribution in [2.75, 3.05) is 11.9 Å². The third-order valence-electron chi connectivity index (χ3n) is 1.64. The minimum Gasteiger partial charge on any atom is -0.369 e. The number of hydrogen-bond acceptors (Lipinski definition) is 2. The molecule has 1 heterocycles. The molecule has 0 spiro atoms. The third-order valence-corrected chi connectivity index (χ3v) is 1.64. The molecule has 0 aromatic carbocycles. The Morgan fingerprint density at radius 2 is 2.31 bits per heavy atom. The van der Waals surface area contributed by atoms with Crippen LogP contribution in [0.3, 0.4) is 0 Å². The van der Waals surface area contributed by atoms with Crippen molar-refractivity contribution in [2.24, 2.45) is 0 Å². The SMILES string of the molecule is CC#CCCNc1ccc(C)cn1. The van der Waals surface area contributed by atoms with Crippen molar-refractivity contribution in [1.82, 2.24) is 4.98 Å². The van der Waals surface area contributed by atoms with Crippen molar-refractivity contribution < 1.29 is 0 Å². The van der Waals surface area contributed by atoms with Gasteiger partial charge in [0.2, 0.25) is 0 Å². The van der Waals surface area contributed by atoms with Crippen molar-refractivity contribution in [3.63, 3.8) is 0 Å². The van der Waals surface area contributed by atoms with Gasteiger partial charge in [-0.25, -0.2) is 4.98 Å². The summed E-state index contributed by atoms with van der Waals surface area (Å²) in [4.78, 5) is 4.22. The summed E-state index contributed by atoms with van der Waals surface area (Å²) in [5, 5.41) is 3.19. The van der Waals surface area contributed by atoms with Gasteiger partial charge in [0.25, 0.3) is 0 Å². The lowest BCUT2D eigenvalue weighted by atomic mass is 10.3. The predicted molar refractivity (Wildman–Crippen MR) is 55.5 cm³/mol. The highest BCUT2D eigenvalue weighted by Gasteiger charge is 1.90. The molecule has 1 aromatic rings. The van der Waals surface area contributed by atoms with Gasteiger partial charge in [-0.2, -0.15) is 0 Å². The molecular formula is C11H14N2. The first-order chi connectivity index (χ1) is 6.33. The van der Waals surface area contributed by atoms with Crippen molar-refractivity contribution >= 4 is 5.82 Å². The molecular weight excluding hydrogens is 160 g/mol. The summed E-state index contributed by atoms with van der Waals surface area (Å²) in [6.45, 7) is 4.74. The molecule has 0 radical (unpaired) electrons. The Morgan fingerprint density at radius 3 is 2.92 bits per heavy atom. The number of hydrogen-bond donors (Lipinski definition) is 1. The second kappa shape index (κ2) is 5.21. The van der Waals surface area contributed by atoms with Gasteiger partial charge in [-0.15, -0.1) is 11.8 Å². The van der Waals surface area contributed by atoms with E-state index < -0.39 is 0 Å². The highest BCUT2D eigenvalue weighted by Crippen LogP contribution is 2.02. The molecule has 68 valence electrons. The maximum atomic E-state index is 4.22. The first kappa shape index (κ1) is 9.60. The highest BCUT2D eigenvalue weighted by molar-refractivity contribution is 5.35. The van der Waals surface area contributed by atoms with Crippen LogP contribution < -0.4 is 5.32 Å². The van der Waals surface area contributed by atoms with Crippen molar-refractivity contribution in [3.05, 3.63) is 23.9 Å². The summed E-state index contributed by atoms with van der Waals surface area (Å²) in [5.41, 5.74) is 1.18. The molecule has 1 rings (SSSR count). The van der Waals surface area contributed by atoms with E-state index in [0.717, 1.165) is 18.8 Å². The van der Waals surface area contributed by atoms with Gasteiger partial charge in [0, 0.05) is 19.2 Å². The van der Waals surface area contributed by atoms with Crippen LogP contribution in [0, 0.1) is 18.8 Å². The Hall–Kier alpha value is -1.49. The summed E-state index contributed by atoms with van der Waals surface area (Å²) in [7, 11) is 0. The Bertz CT molecular complexity index is 303. The van der Waals surface area contributed by atoms with Gasteiger partial charge in [-0.3, -0.25) is 0 Å². The largest absolute Gasteiger partial charge is 0.369 e. The molecule has 0 atom stereocenters. The molecule has 0 saturated carbocycles. The van der Waals surface area contributed by atoms with E-state index in [4.69, 9.17) is 0 Å². The molecule has 1 aromatic heterocycles. The van der Waals surface area contributed by atoms with E-state index in [1.807, 2.05) is 32.2 Å². The minimum absolute atomic E-state index is 0.858. The smallest absolute Gasteiger partial charge is 0.125 e. The number of aryl methyl sites for hydroxylation is 1. The Balaban J connectivity index is 2.36. The maximum Gasteiger partial charge on any atom is 0.125 e. The fraction of sp³-hybridized carbons (Fsp3) is 0.364. The fourth-order valence-corrected chi connectivity index (χ4v) is 0.950. The average molecular weight is 174 g/mol. The molecule has 13 heavy (non-hydrogen) atoms. The number of aromatic nitrogens is 1. The molecule has 0 fully saturated rings. The topological polar surface area (TPSA) is 24.9 Å². The van der Waals surface area contributed by atoms with Gasteiger partial charge in [0.1, 0.15) is 5.82 Å². The lowest BCUT2D eigenvalue weighted by Crippen LogP contribution is -2.01. The molecule has 2 heteroatoms. The average Bonchev–Trinajstić information content (AvgIpc) is 2.15. The minimum atomic E-state index is 0.858. The number of pyridine rings is 1. The molecule has 0 aliphatic carbocycles. The Kier molecular flexibility index (Phi) is 3.84. The summed E-state index contributed by atoms with van der Waals surface area (Å²) >= 11 is 0. The van der Waals surface area contributed by atoms with Crippen LogP contribution in [-0.2, 0) is 0 Å². The number of rotatable bonds is 3. The van der Waals surface area contributed by atoms with Crippen LogP contribution in [0.15, 0.2) is 18.3 Å². The van der Waals surface area contributed by atoms with Gasteiger partial charge < -0.3 is 5.32 Å². The molecule has 0 saturated heterocycles. The van der Waals surface area contributed by atoms with Crippen molar-refractivity contribution in [2.45, 2.75) is 20.3 Å². The van der Waals surface area contributed by atoms with Gasteiger partial charge in [0.05, 0.1) is 0 Å². The van der Waals surface area contributed by atoms with Crippen LogP contribution in [0.2, 0.25) is 0 Å². The van der Waals surface area contributed by atoms with Gasteiger partial charge in [-0.1, -0.05) is 6.07 Å². The molecule has 1 N–H and O–H groups in total. The van der Waals surface area contributed by atoms with E-state index in [1.54, 1.807) is 0 Å². The van der Waals surface area contributed by atoms with E-state index in [2.05, 4.69) is 22.1 Å². The normalized spacial score (nSPS) is 8.77. The van der Waals surface area contributed by atoms with Crippen LogP contribution in [0.25, 0.3) is 0 Å². The summed E-state index contributed by atoms with van der Waals surface area (Å²) in [5.74, 6) is 6.76. The third kappa shape index (κ3) is 3.62. The molecule has 0 aliphatic heterocycles. The van der Waals surface area contributed by atoms with Crippen LogP contribution in [0.1, 0.15) is 18.9 Å². The van der Waals surface area contributed by atoms with E-state index in [1.165, 1.54) is 5.56 Å². The Labute approximate surface area is 79.4 Å². The second-order valence-electron chi connectivity index (χ2n) is 2.82. The quantitative estimate of drug-likeness (QED) is 0.561.